The third kappa shape index (κ3) is 4.54. The van der Waals surface area contributed by atoms with Crippen LogP contribution in [0.2, 0.25) is 10.0 Å². The lowest BCUT2D eigenvalue weighted by Crippen LogP contribution is -2.24. The van der Waals surface area contributed by atoms with Gasteiger partial charge in [0, 0.05) is 22.3 Å². The van der Waals surface area contributed by atoms with E-state index in [4.69, 9.17) is 27.9 Å². The molecular formula is C28H27Cl2FO3. The molecule has 2 atom stereocenters. The molecule has 0 spiro atoms. The Morgan fingerprint density at radius 3 is 2.41 bits per heavy atom. The predicted octanol–water partition coefficient (Wildman–Crippen LogP) is 8.22. The van der Waals surface area contributed by atoms with Crippen LogP contribution >= 0.6 is 23.2 Å². The number of benzene rings is 3. The smallest absolute Gasteiger partial charge is 0.309 e. The molecule has 34 heavy (non-hydrogen) atoms. The molecule has 178 valence electrons. The zero-order chi connectivity index (χ0) is 24.6. The van der Waals surface area contributed by atoms with Crippen molar-refractivity contribution in [2.75, 3.05) is 7.11 Å². The van der Waals surface area contributed by atoms with E-state index in [0.717, 1.165) is 23.1 Å². The Morgan fingerprint density at radius 1 is 1.12 bits per heavy atom. The van der Waals surface area contributed by atoms with Gasteiger partial charge in [0.25, 0.3) is 0 Å². The molecule has 1 aliphatic rings. The lowest BCUT2D eigenvalue weighted by atomic mass is 9.86. The lowest BCUT2D eigenvalue weighted by Gasteiger charge is -2.19. The van der Waals surface area contributed by atoms with Gasteiger partial charge in [0.2, 0.25) is 0 Å². The van der Waals surface area contributed by atoms with E-state index >= 15 is 4.39 Å². The van der Waals surface area contributed by atoms with Gasteiger partial charge in [0.15, 0.2) is 0 Å². The molecule has 0 aliphatic heterocycles. The van der Waals surface area contributed by atoms with E-state index in [9.17, 15) is 9.90 Å². The summed E-state index contributed by atoms with van der Waals surface area (Å²) in [5.41, 5.74) is 3.55. The number of hydrogen-bond acceptors (Lipinski definition) is 2. The van der Waals surface area contributed by atoms with Crippen molar-refractivity contribution in [1.82, 2.24) is 0 Å². The highest BCUT2D eigenvalue weighted by atomic mass is 35.5. The van der Waals surface area contributed by atoms with Crippen LogP contribution in [-0.2, 0) is 11.2 Å². The highest BCUT2D eigenvalue weighted by Crippen LogP contribution is 2.45. The summed E-state index contributed by atoms with van der Waals surface area (Å²) in [6.07, 6.45) is 2.31. The first-order valence-corrected chi connectivity index (χ1v) is 12.0. The molecule has 1 saturated carbocycles. The Labute approximate surface area is 209 Å². The molecule has 3 aromatic carbocycles. The average molecular weight is 501 g/mol. The molecule has 0 aromatic heterocycles. The standard InChI is InChI=1S/C28H27Cl2FO3/c1-16-6-4-8-20(25(16)29)21-9-5-7-19(26(21)30)18-13-23(31)22(24(14-18)34-3)12-17-10-11-28(2,15-17)27(32)33/h4-9,13-14,17H,10-12,15H2,1-3H3,(H,32,33). The molecule has 3 aromatic rings. The predicted molar refractivity (Wildman–Crippen MR) is 135 cm³/mol. The molecule has 0 amide bonds. The molecule has 4 rings (SSSR count). The van der Waals surface area contributed by atoms with E-state index in [1.807, 2.05) is 43.3 Å². The van der Waals surface area contributed by atoms with Crippen molar-refractivity contribution in [3.63, 3.8) is 0 Å². The van der Waals surface area contributed by atoms with Crippen molar-refractivity contribution < 1.29 is 19.0 Å². The second kappa shape index (κ2) is 9.59. The minimum Gasteiger partial charge on any atom is -0.496 e. The number of carboxylic acids is 1. The van der Waals surface area contributed by atoms with Crippen LogP contribution in [0.15, 0.2) is 48.5 Å². The van der Waals surface area contributed by atoms with Gasteiger partial charge in [-0.3, -0.25) is 4.79 Å². The van der Waals surface area contributed by atoms with Crippen LogP contribution < -0.4 is 4.74 Å². The summed E-state index contributed by atoms with van der Waals surface area (Å²) >= 11 is 13.3. The maximum atomic E-state index is 15.4. The fourth-order valence-corrected chi connectivity index (χ4v) is 5.55. The first-order chi connectivity index (χ1) is 16.1. The van der Waals surface area contributed by atoms with Gasteiger partial charge in [-0.2, -0.15) is 0 Å². The molecule has 1 fully saturated rings. The molecule has 0 saturated heterocycles. The quantitative estimate of drug-likeness (QED) is 0.370. The number of aryl methyl sites for hydroxylation is 1. The summed E-state index contributed by atoms with van der Waals surface area (Å²) in [5, 5.41) is 10.6. The average Bonchev–Trinajstić information content (AvgIpc) is 3.19. The molecule has 2 unspecified atom stereocenters. The number of halogens is 3. The first kappa shape index (κ1) is 24.6. The summed E-state index contributed by atoms with van der Waals surface area (Å²) in [4.78, 5) is 11.6. The van der Waals surface area contributed by atoms with Crippen LogP contribution in [0.3, 0.4) is 0 Å². The maximum absolute atomic E-state index is 15.4. The van der Waals surface area contributed by atoms with Gasteiger partial charge in [0.1, 0.15) is 11.6 Å². The van der Waals surface area contributed by atoms with Crippen molar-refractivity contribution in [1.29, 1.82) is 0 Å². The van der Waals surface area contributed by atoms with E-state index in [2.05, 4.69) is 0 Å². The molecule has 0 bridgehead atoms. The first-order valence-electron chi connectivity index (χ1n) is 11.3. The summed E-state index contributed by atoms with van der Waals surface area (Å²) in [6.45, 7) is 3.70. The lowest BCUT2D eigenvalue weighted by molar-refractivity contribution is -0.147. The van der Waals surface area contributed by atoms with Crippen molar-refractivity contribution >= 4 is 29.2 Å². The highest BCUT2D eigenvalue weighted by Gasteiger charge is 2.41. The van der Waals surface area contributed by atoms with Crippen LogP contribution in [0, 0.1) is 24.1 Å². The summed E-state index contributed by atoms with van der Waals surface area (Å²) in [7, 11) is 1.52. The second-order valence-electron chi connectivity index (χ2n) is 9.42. The molecule has 6 heteroatoms. The number of aliphatic carboxylic acids is 1. The largest absolute Gasteiger partial charge is 0.496 e. The third-order valence-corrected chi connectivity index (χ3v) is 7.93. The Morgan fingerprint density at radius 2 is 1.76 bits per heavy atom. The van der Waals surface area contributed by atoms with Crippen molar-refractivity contribution in [3.8, 4) is 28.0 Å². The van der Waals surface area contributed by atoms with Gasteiger partial charge >= 0.3 is 5.97 Å². The van der Waals surface area contributed by atoms with Gasteiger partial charge < -0.3 is 9.84 Å². The Bertz CT molecular complexity index is 1260. The van der Waals surface area contributed by atoms with E-state index in [-0.39, 0.29) is 11.7 Å². The van der Waals surface area contributed by atoms with Crippen LogP contribution in [0.5, 0.6) is 5.75 Å². The van der Waals surface area contributed by atoms with Crippen LogP contribution in [-0.4, -0.2) is 18.2 Å². The van der Waals surface area contributed by atoms with Gasteiger partial charge in [-0.1, -0.05) is 59.6 Å². The highest BCUT2D eigenvalue weighted by molar-refractivity contribution is 6.38. The third-order valence-electron chi connectivity index (χ3n) is 7.02. The summed E-state index contributed by atoms with van der Waals surface area (Å²) in [6, 6.07) is 14.7. The number of rotatable bonds is 6. The Kier molecular flexibility index (Phi) is 6.93. The minimum atomic E-state index is -0.791. The summed E-state index contributed by atoms with van der Waals surface area (Å²) in [5.74, 6) is -0.644. The molecule has 3 nitrogen and oxygen atoms in total. The van der Waals surface area contributed by atoms with Gasteiger partial charge in [0.05, 0.1) is 22.6 Å². The van der Waals surface area contributed by atoms with Gasteiger partial charge in [-0.25, -0.2) is 4.39 Å². The molecular weight excluding hydrogens is 474 g/mol. The zero-order valence-corrected chi connectivity index (χ0v) is 20.9. The van der Waals surface area contributed by atoms with E-state index in [0.29, 0.717) is 51.7 Å². The number of carbonyl (C=O) groups is 1. The fraction of sp³-hybridized carbons (Fsp3) is 0.321. The number of hydrogen-bond donors (Lipinski definition) is 1. The van der Waals surface area contributed by atoms with Crippen molar-refractivity contribution in [3.05, 3.63) is 75.5 Å². The molecule has 1 aliphatic carbocycles. The topological polar surface area (TPSA) is 46.5 Å². The SMILES string of the molecule is COc1cc(-c2cccc(-c3cccc(C)c3Cl)c2Cl)cc(F)c1CC1CCC(C)(C(=O)O)C1. The maximum Gasteiger partial charge on any atom is 0.309 e. The number of methoxy groups -OCH3 is 1. The minimum absolute atomic E-state index is 0.0886. The van der Waals surface area contributed by atoms with Gasteiger partial charge in [-0.05, 0) is 68.7 Å². The molecule has 1 N–H and O–H groups in total. The van der Waals surface area contributed by atoms with Gasteiger partial charge in [-0.15, -0.1) is 0 Å². The van der Waals surface area contributed by atoms with E-state index < -0.39 is 11.4 Å². The fourth-order valence-electron chi connectivity index (χ4n) is 4.99. The molecule has 0 radical (unpaired) electrons. The normalized spacial score (nSPS) is 19.9. The van der Waals surface area contributed by atoms with E-state index in [1.54, 1.807) is 13.0 Å². The monoisotopic (exact) mass is 500 g/mol. The van der Waals surface area contributed by atoms with E-state index in [1.165, 1.54) is 13.2 Å². The zero-order valence-electron chi connectivity index (χ0n) is 19.4. The van der Waals surface area contributed by atoms with Crippen LogP contribution in [0.1, 0.15) is 37.3 Å². The Hall–Kier alpha value is -2.56. The van der Waals surface area contributed by atoms with Crippen LogP contribution in [0.25, 0.3) is 22.3 Å². The molecule has 0 heterocycles. The van der Waals surface area contributed by atoms with Crippen molar-refractivity contribution in [2.24, 2.45) is 11.3 Å². The summed E-state index contributed by atoms with van der Waals surface area (Å²) < 4.78 is 21.0. The second-order valence-corrected chi connectivity index (χ2v) is 10.2. The van der Waals surface area contributed by atoms with Crippen LogP contribution in [0.4, 0.5) is 4.39 Å². The number of carboxylic acid groups (broad SMARTS) is 1. The number of ether oxygens (including phenoxy) is 1. The Balaban J connectivity index is 1.70. The van der Waals surface area contributed by atoms with Crippen molar-refractivity contribution in [2.45, 2.75) is 39.5 Å².